The minimum Gasteiger partial charge on any atom is -0.368 e. The molecule has 0 spiro atoms. The lowest BCUT2D eigenvalue weighted by Gasteiger charge is -1.97. The fourth-order valence-electron chi connectivity index (χ4n) is 1.18. The van der Waals surface area contributed by atoms with Crippen molar-refractivity contribution >= 4 is 17.1 Å². The number of fused-ring (bicyclic) bond motifs is 1. The van der Waals surface area contributed by atoms with Gasteiger partial charge in [0.25, 0.3) is 0 Å². The zero-order valence-electron chi connectivity index (χ0n) is 6.84. The third-order valence-electron chi connectivity index (χ3n) is 1.70. The Bertz CT molecular complexity index is 448. The first kappa shape index (κ1) is 7.72. The second-order valence-corrected chi connectivity index (χ2v) is 2.68. The van der Waals surface area contributed by atoms with Crippen LogP contribution in [0.3, 0.4) is 0 Å². The van der Waals surface area contributed by atoms with E-state index >= 15 is 0 Å². The summed E-state index contributed by atoms with van der Waals surface area (Å²) in [6.07, 6.45) is 3.21. The molecule has 13 heavy (non-hydrogen) atoms. The summed E-state index contributed by atoms with van der Waals surface area (Å²) in [5, 5.41) is 0. The first-order valence-electron chi connectivity index (χ1n) is 3.81. The van der Waals surface area contributed by atoms with Crippen molar-refractivity contribution in [1.29, 1.82) is 0 Å². The van der Waals surface area contributed by atoms with Gasteiger partial charge in [0, 0.05) is 6.20 Å². The van der Waals surface area contributed by atoms with Gasteiger partial charge in [0.1, 0.15) is 12.1 Å². The Morgan fingerprint density at radius 1 is 1.54 bits per heavy atom. The second-order valence-electron chi connectivity index (χ2n) is 2.68. The van der Waals surface area contributed by atoms with Gasteiger partial charge < -0.3 is 10.3 Å². The van der Waals surface area contributed by atoms with Crippen LogP contribution in [0.15, 0.2) is 24.7 Å². The molecule has 1 amide bonds. The van der Waals surface area contributed by atoms with Gasteiger partial charge in [-0.05, 0) is 12.1 Å². The SMILES string of the molecule is NC(=O)Cn1cnc2cccnc21. The Balaban J connectivity index is 2.51. The number of nitrogens with zero attached hydrogens (tertiary/aromatic N) is 3. The van der Waals surface area contributed by atoms with Crippen molar-refractivity contribution < 1.29 is 4.79 Å². The highest BCUT2D eigenvalue weighted by Crippen LogP contribution is 2.07. The van der Waals surface area contributed by atoms with Gasteiger partial charge in [-0.15, -0.1) is 0 Å². The van der Waals surface area contributed by atoms with E-state index in [1.165, 1.54) is 0 Å². The fourth-order valence-corrected chi connectivity index (χ4v) is 1.18. The van der Waals surface area contributed by atoms with Crippen molar-refractivity contribution in [2.75, 3.05) is 0 Å². The molecule has 0 atom stereocenters. The van der Waals surface area contributed by atoms with E-state index in [0.717, 1.165) is 5.52 Å². The molecule has 0 unspecified atom stereocenters. The number of pyridine rings is 1. The van der Waals surface area contributed by atoms with Gasteiger partial charge in [-0.1, -0.05) is 0 Å². The lowest BCUT2D eigenvalue weighted by atomic mass is 10.4. The predicted octanol–water partition coefficient (Wildman–Crippen LogP) is -0.0834. The van der Waals surface area contributed by atoms with E-state index in [1.807, 2.05) is 6.07 Å². The largest absolute Gasteiger partial charge is 0.368 e. The normalized spacial score (nSPS) is 10.5. The van der Waals surface area contributed by atoms with E-state index < -0.39 is 5.91 Å². The van der Waals surface area contributed by atoms with Crippen LogP contribution >= 0.6 is 0 Å². The summed E-state index contributed by atoms with van der Waals surface area (Å²) in [6.45, 7) is 0.119. The summed E-state index contributed by atoms with van der Waals surface area (Å²) in [4.78, 5) is 18.8. The van der Waals surface area contributed by atoms with Gasteiger partial charge in [-0.25, -0.2) is 9.97 Å². The van der Waals surface area contributed by atoms with Crippen molar-refractivity contribution in [1.82, 2.24) is 14.5 Å². The third-order valence-corrected chi connectivity index (χ3v) is 1.70. The molecule has 2 aromatic heterocycles. The molecule has 0 fully saturated rings. The molecule has 5 heteroatoms. The Morgan fingerprint density at radius 2 is 2.38 bits per heavy atom. The molecule has 0 aromatic carbocycles. The molecule has 0 saturated carbocycles. The van der Waals surface area contributed by atoms with Crippen molar-refractivity contribution in [3.8, 4) is 0 Å². The Hall–Kier alpha value is -1.91. The molecule has 0 bridgehead atoms. The molecule has 0 radical (unpaired) electrons. The van der Waals surface area contributed by atoms with E-state index in [4.69, 9.17) is 5.73 Å². The monoisotopic (exact) mass is 176 g/mol. The molecule has 0 aliphatic heterocycles. The average molecular weight is 176 g/mol. The summed E-state index contributed by atoms with van der Waals surface area (Å²) in [7, 11) is 0. The number of aromatic nitrogens is 3. The third kappa shape index (κ3) is 1.35. The number of hydrogen-bond donors (Lipinski definition) is 1. The first-order chi connectivity index (χ1) is 6.27. The number of amides is 1. The predicted molar refractivity (Wildman–Crippen MR) is 46.7 cm³/mol. The molecule has 5 nitrogen and oxygen atoms in total. The van der Waals surface area contributed by atoms with Gasteiger partial charge in [-0.2, -0.15) is 0 Å². The van der Waals surface area contributed by atoms with Crippen LogP contribution in [0.1, 0.15) is 0 Å². The standard InChI is InChI=1S/C8H8N4O/c9-7(13)4-12-5-11-6-2-1-3-10-8(6)12/h1-3,5H,4H2,(H2,9,13). The lowest BCUT2D eigenvalue weighted by molar-refractivity contribution is -0.118. The quantitative estimate of drug-likeness (QED) is 0.695. The molecule has 0 saturated heterocycles. The average Bonchev–Trinajstić information content (AvgIpc) is 2.48. The van der Waals surface area contributed by atoms with Crippen LogP contribution in [0.4, 0.5) is 0 Å². The molecular formula is C8H8N4O. The Labute approximate surface area is 74.2 Å². The van der Waals surface area contributed by atoms with Gasteiger partial charge in [0.05, 0.1) is 6.33 Å². The number of primary amides is 1. The number of carbonyl (C=O) groups is 1. The Morgan fingerprint density at radius 3 is 3.15 bits per heavy atom. The summed E-state index contributed by atoms with van der Waals surface area (Å²) < 4.78 is 1.62. The molecule has 2 rings (SSSR count). The van der Waals surface area contributed by atoms with Crippen LogP contribution < -0.4 is 5.73 Å². The van der Waals surface area contributed by atoms with Gasteiger partial charge in [-0.3, -0.25) is 4.79 Å². The summed E-state index contributed by atoms with van der Waals surface area (Å²) in [6, 6.07) is 3.63. The zero-order valence-corrected chi connectivity index (χ0v) is 6.84. The summed E-state index contributed by atoms with van der Waals surface area (Å²) in [5.74, 6) is -0.398. The molecule has 0 aliphatic carbocycles. The number of rotatable bonds is 2. The maximum atomic E-state index is 10.7. The maximum absolute atomic E-state index is 10.7. The van der Waals surface area contributed by atoms with Crippen molar-refractivity contribution in [2.24, 2.45) is 5.73 Å². The van der Waals surface area contributed by atoms with E-state index in [9.17, 15) is 4.79 Å². The number of nitrogens with two attached hydrogens (primary N) is 1. The maximum Gasteiger partial charge on any atom is 0.237 e. The van der Waals surface area contributed by atoms with Crippen LogP contribution in [0, 0.1) is 0 Å². The van der Waals surface area contributed by atoms with Crippen molar-refractivity contribution in [2.45, 2.75) is 6.54 Å². The van der Waals surface area contributed by atoms with Crippen LogP contribution in [-0.2, 0) is 11.3 Å². The number of carbonyl (C=O) groups excluding carboxylic acids is 1. The van der Waals surface area contributed by atoms with Gasteiger partial charge in [0.15, 0.2) is 5.65 Å². The molecular weight excluding hydrogens is 168 g/mol. The van der Waals surface area contributed by atoms with E-state index in [2.05, 4.69) is 9.97 Å². The van der Waals surface area contributed by atoms with E-state index in [0.29, 0.717) is 5.65 Å². The van der Waals surface area contributed by atoms with Crippen molar-refractivity contribution in [3.63, 3.8) is 0 Å². The number of hydrogen-bond acceptors (Lipinski definition) is 3. The Kier molecular flexibility index (Phi) is 1.70. The summed E-state index contributed by atoms with van der Waals surface area (Å²) >= 11 is 0. The fraction of sp³-hybridized carbons (Fsp3) is 0.125. The lowest BCUT2D eigenvalue weighted by Crippen LogP contribution is -2.18. The van der Waals surface area contributed by atoms with Gasteiger partial charge in [0.2, 0.25) is 5.91 Å². The highest BCUT2D eigenvalue weighted by atomic mass is 16.1. The topological polar surface area (TPSA) is 73.8 Å². The molecule has 2 N–H and O–H groups in total. The molecule has 2 heterocycles. The van der Waals surface area contributed by atoms with Crippen LogP contribution in [0.5, 0.6) is 0 Å². The van der Waals surface area contributed by atoms with Crippen molar-refractivity contribution in [3.05, 3.63) is 24.7 Å². The molecule has 2 aromatic rings. The minimum absolute atomic E-state index is 0.119. The van der Waals surface area contributed by atoms with E-state index in [1.54, 1.807) is 23.2 Å². The second kappa shape index (κ2) is 2.85. The number of imidazole rings is 1. The smallest absolute Gasteiger partial charge is 0.237 e. The van der Waals surface area contributed by atoms with Crippen LogP contribution in [0.2, 0.25) is 0 Å². The minimum atomic E-state index is -0.398. The van der Waals surface area contributed by atoms with Crippen LogP contribution in [0.25, 0.3) is 11.2 Å². The highest BCUT2D eigenvalue weighted by Gasteiger charge is 2.03. The van der Waals surface area contributed by atoms with Crippen LogP contribution in [-0.4, -0.2) is 20.4 Å². The molecule has 66 valence electrons. The zero-order chi connectivity index (χ0) is 9.26. The van der Waals surface area contributed by atoms with E-state index in [-0.39, 0.29) is 6.54 Å². The summed E-state index contributed by atoms with van der Waals surface area (Å²) in [5.41, 5.74) is 6.51. The highest BCUT2D eigenvalue weighted by molar-refractivity contribution is 5.77. The first-order valence-corrected chi connectivity index (χ1v) is 3.81. The molecule has 0 aliphatic rings. The van der Waals surface area contributed by atoms with Gasteiger partial charge >= 0.3 is 0 Å².